The van der Waals surface area contributed by atoms with Crippen molar-refractivity contribution in [2.45, 2.75) is 12.6 Å². The van der Waals surface area contributed by atoms with Crippen LogP contribution in [0.25, 0.3) is 10.2 Å². The number of pyridine rings is 1. The molecule has 0 saturated carbocycles. The summed E-state index contributed by atoms with van der Waals surface area (Å²) < 4.78 is 61.7. The maximum atomic E-state index is 12.5. The summed E-state index contributed by atoms with van der Waals surface area (Å²) in [6.07, 6.45) is -7.36. The molecule has 21 heavy (non-hydrogen) atoms. The van der Waals surface area contributed by atoms with Crippen LogP contribution in [0, 0.1) is 0 Å². The number of aromatic nitrogens is 1. The van der Waals surface area contributed by atoms with E-state index in [9.17, 15) is 26.7 Å². The topological polar surface area (TPSA) is 68.0 Å². The maximum absolute atomic E-state index is 12.5. The monoisotopic (exact) mass is 325 g/mol. The molecule has 3 N–H and O–H groups in total. The van der Waals surface area contributed by atoms with Crippen LogP contribution >= 0.6 is 11.3 Å². The van der Waals surface area contributed by atoms with E-state index in [1.54, 1.807) is 0 Å². The van der Waals surface area contributed by atoms with Gasteiger partial charge in [0.1, 0.15) is 15.4 Å². The second-order valence-electron chi connectivity index (χ2n) is 3.99. The smallest absolute Gasteiger partial charge is 0.397 e. The van der Waals surface area contributed by atoms with Gasteiger partial charge in [-0.05, 0) is 12.1 Å². The van der Waals surface area contributed by atoms with Gasteiger partial charge >= 0.3 is 6.18 Å². The number of rotatable bonds is 3. The van der Waals surface area contributed by atoms with E-state index in [1.807, 2.05) is 5.32 Å². The minimum atomic E-state index is -4.62. The van der Waals surface area contributed by atoms with Crippen LogP contribution in [0.15, 0.2) is 12.1 Å². The molecule has 2 heterocycles. The first-order chi connectivity index (χ1) is 9.70. The molecule has 0 aliphatic heterocycles. The number of fused-ring (bicyclic) bond motifs is 1. The van der Waals surface area contributed by atoms with Gasteiger partial charge in [0.2, 0.25) is 0 Å². The van der Waals surface area contributed by atoms with Gasteiger partial charge in [-0.3, -0.25) is 4.79 Å². The molecule has 4 nitrogen and oxygen atoms in total. The number of carbonyl (C=O) groups excluding carboxylic acids is 1. The molecular formula is C11H8F5N3OS. The van der Waals surface area contributed by atoms with E-state index < -0.39 is 30.7 Å². The first kappa shape index (κ1) is 15.4. The minimum Gasteiger partial charge on any atom is -0.397 e. The summed E-state index contributed by atoms with van der Waals surface area (Å²) in [6, 6.07) is 1.84. The Kier molecular flexibility index (Phi) is 3.99. The van der Waals surface area contributed by atoms with Crippen molar-refractivity contribution >= 4 is 33.1 Å². The van der Waals surface area contributed by atoms with Gasteiger partial charge in [0, 0.05) is 5.39 Å². The third-order valence-corrected chi connectivity index (χ3v) is 3.62. The summed E-state index contributed by atoms with van der Waals surface area (Å²) in [7, 11) is 0. The molecule has 0 saturated heterocycles. The molecule has 0 bridgehead atoms. The molecule has 0 aliphatic rings. The quantitative estimate of drug-likeness (QED) is 0.853. The van der Waals surface area contributed by atoms with E-state index >= 15 is 0 Å². The summed E-state index contributed by atoms with van der Waals surface area (Å²) in [4.78, 5) is 14.8. The third kappa shape index (κ3) is 3.20. The summed E-state index contributed by atoms with van der Waals surface area (Å²) in [5.41, 5.74) is 4.45. The minimum absolute atomic E-state index is 0.0791. The van der Waals surface area contributed by atoms with Gasteiger partial charge in [-0.25, -0.2) is 13.8 Å². The van der Waals surface area contributed by atoms with E-state index in [0.717, 1.165) is 12.1 Å². The van der Waals surface area contributed by atoms with Crippen LogP contribution in [0.4, 0.5) is 27.6 Å². The fourth-order valence-electron chi connectivity index (χ4n) is 1.57. The summed E-state index contributed by atoms with van der Waals surface area (Å²) >= 11 is 0.621. The molecule has 10 heteroatoms. The molecule has 2 aromatic heterocycles. The third-order valence-electron chi connectivity index (χ3n) is 2.51. The Labute approximate surface area is 118 Å². The number of hydrogen-bond donors (Lipinski definition) is 2. The standard InChI is InChI=1S/C11H8F5N3OS/c12-6(13)3-18-9(20)8-7(17)4-1-2-5(11(14,15)16)19-10(4)21-8/h1-2,6H,3,17H2,(H,18,20). The lowest BCUT2D eigenvalue weighted by molar-refractivity contribution is -0.140. The number of amides is 1. The van der Waals surface area contributed by atoms with E-state index in [2.05, 4.69) is 4.98 Å². The van der Waals surface area contributed by atoms with Gasteiger partial charge in [0.05, 0.1) is 12.2 Å². The van der Waals surface area contributed by atoms with Crippen LogP contribution in [0.1, 0.15) is 15.4 Å². The highest BCUT2D eigenvalue weighted by Crippen LogP contribution is 2.35. The molecule has 0 radical (unpaired) electrons. The highest BCUT2D eigenvalue weighted by molar-refractivity contribution is 7.21. The number of carbonyl (C=O) groups is 1. The molecule has 2 rings (SSSR count). The lowest BCUT2D eigenvalue weighted by atomic mass is 10.2. The molecule has 0 unspecified atom stereocenters. The second kappa shape index (κ2) is 5.43. The Bertz CT molecular complexity index is 682. The van der Waals surface area contributed by atoms with E-state index in [0.29, 0.717) is 11.3 Å². The van der Waals surface area contributed by atoms with Crippen molar-refractivity contribution in [3.8, 4) is 0 Å². The van der Waals surface area contributed by atoms with Crippen LogP contribution in [0.3, 0.4) is 0 Å². The fourth-order valence-corrected chi connectivity index (χ4v) is 2.58. The van der Waals surface area contributed by atoms with Crippen LogP contribution in [-0.2, 0) is 6.18 Å². The molecule has 114 valence electrons. The van der Waals surface area contributed by atoms with Gasteiger partial charge < -0.3 is 11.1 Å². The molecule has 0 atom stereocenters. The predicted molar refractivity (Wildman–Crippen MR) is 67.4 cm³/mol. The zero-order valence-electron chi connectivity index (χ0n) is 10.2. The molecular weight excluding hydrogens is 317 g/mol. The van der Waals surface area contributed by atoms with E-state index in [-0.39, 0.29) is 20.8 Å². The summed E-state index contributed by atoms with van der Waals surface area (Å²) in [5.74, 6) is -0.871. The number of nitrogens with one attached hydrogen (secondary N) is 1. The van der Waals surface area contributed by atoms with Gasteiger partial charge in [0.25, 0.3) is 12.3 Å². The van der Waals surface area contributed by atoms with Crippen molar-refractivity contribution in [3.63, 3.8) is 0 Å². The number of anilines is 1. The number of alkyl halides is 5. The van der Waals surface area contributed by atoms with Crippen molar-refractivity contribution in [3.05, 3.63) is 22.7 Å². The average Bonchev–Trinajstić information content (AvgIpc) is 2.72. The Morgan fingerprint density at radius 3 is 2.62 bits per heavy atom. The number of hydrogen-bond acceptors (Lipinski definition) is 4. The lowest BCUT2D eigenvalue weighted by Gasteiger charge is -2.04. The van der Waals surface area contributed by atoms with Gasteiger partial charge in [-0.2, -0.15) is 13.2 Å². The molecule has 2 aromatic rings. The summed E-state index contributed by atoms with van der Waals surface area (Å²) in [6.45, 7) is -0.867. The number of nitrogens with two attached hydrogens (primary N) is 1. The second-order valence-corrected chi connectivity index (χ2v) is 4.99. The van der Waals surface area contributed by atoms with Gasteiger partial charge in [-0.15, -0.1) is 11.3 Å². The highest BCUT2D eigenvalue weighted by atomic mass is 32.1. The Morgan fingerprint density at radius 1 is 1.38 bits per heavy atom. The fraction of sp³-hybridized carbons (Fsp3) is 0.273. The number of nitrogens with zero attached hydrogens (tertiary/aromatic N) is 1. The van der Waals surface area contributed by atoms with Gasteiger partial charge in [0.15, 0.2) is 0 Å². The van der Waals surface area contributed by atoms with Crippen molar-refractivity contribution in [2.75, 3.05) is 12.3 Å². The Morgan fingerprint density at radius 2 is 2.05 bits per heavy atom. The number of halogens is 5. The first-order valence-electron chi connectivity index (χ1n) is 5.52. The zero-order chi connectivity index (χ0) is 15.8. The van der Waals surface area contributed by atoms with Crippen molar-refractivity contribution in [1.82, 2.24) is 10.3 Å². The lowest BCUT2D eigenvalue weighted by Crippen LogP contribution is -2.28. The summed E-state index contributed by atoms with van der Waals surface area (Å²) in [5, 5.41) is 2.11. The largest absolute Gasteiger partial charge is 0.433 e. The molecule has 0 aromatic carbocycles. The number of thiophene rings is 1. The van der Waals surface area contributed by atoms with Crippen molar-refractivity contribution in [2.24, 2.45) is 0 Å². The van der Waals surface area contributed by atoms with Crippen LogP contribution in [-0.4, -0.2) is 23.9 Å². The maximum Gasteiger partial charge on any atom is 0.433 e. The Hall–Kier alpha value is -1.97. The highest BCUT2D eigenvalue weighted by Gasteiger charge is 2.33. The van der Waals surface area contributed by atoms with E-state index in [4.69, 9.17) is 5.73 Å². The molecule has 0 aliphatic carbocycles. The van der Waals surface area contributed by atoms with Gasteiger partial charge in [-0.1, -0.05) is 0 Å². The Balaban J connectivity index is 2.39. The van der Waals surface area contributed by atoms with Crippen LogP contribution in [0.2, 0.25) is 0 Å². The zero-order valence-corrected chi connectivity index (χ0v) is 11.0. The van der Waals surface area contributed by atoms with Crippen molar-refractivity contribution < 1.29 is 26.7 Å². The first-order valence-corrected chi connectivity index (χ1v) is 6.34. The SMILES string of the molecule is Nc1c(C(=O)NCC(F)F)sc2nc(C(F)(F)F)ccc12. The number of nitrogen functional groups attached to an aromatic ring is 1. The van der Waals surface area contributed by atoms with Crippen molar-refractivity contribution in [1.29, 1.82) is 0 Å². The average molecular weight is 325 g/mol. The predicted octanol–water partition coefficient (Wildman–Crippen LogP) is 2.89. The van der Waals surface area contributed by atoms with Crippen LogP contribution < -0.4 is 11.1 Å². The van der Waals surface area contributed by atoms with Crippen LogP contribution in [0.5, 0.6) is 0 Å². The molecule has 1 amide bonds. The molecule has 0 fully saturated rings. The molecule has 0 spiro atoms. The normalized spacial score (nSPS) is 12.1. The van der Waals surface area contributed by atoms with E-state index in [1.165, 1.54) is 0 Å².